The van der Waals surface area contributed by atoms with E-state index < -0.39 is 6.61 Å². The Hall–Kier alpha value is -2.14. The van der Waals surface area contributed by atoms with E-state index >= 15 is 0 Å². The Labute approximate surface area is 198 Å². The average molecular weight is 547 g/mol. The number of halogens is 3. The van der Waals surface area contributed by atoms with Gasteiger partial charge in [0.15, 0.2) is 17.5 Å². The molecule has 0 spiro atoms. The van der Waals surface area contributed by atoms with E-state index in [0.29, 0.717) is 26.2 Å². The second kappa shape index (κ2) is 12.0. The minimum Gasteiger partial charge on any atom is -0.493 e. The van der Waals surface area contributed by atoms with Crippen LogP contribution in [0.1, 0.15) is 22.8 Å². The van der Waals surface area contributed by atoms with Crippen LogP contribution in [0, 0.1) is 6.92 Å². The van der Waals surface area contributed by atoms with Crippen LogP contribution in [-0.2, 0) is 11.3 Å². The number of ether oxygens (including phenoxy) is 3. The summed E-state index contributed by atoms with van der Waals surface area (Å²) in [5, 5.41) is 3.30. The van der Waals surface area contributed by atoms with Crippen LogP contribution < -0.4 is 14.8 Å². The number of aryl methyl sites for hydroxylation is 1. The van der Waals surface area contributed by atoms with Crippen molar-refractivity contribution in [2.24, 2.45) is 4.99 Å². The molecule has 0 aliphatic carbocycles. The number of hydrogen-bond donors (Lipinski definition) is 1. The van der Waals surface area contributed by atoms with Gasteiger partial charge in [-0.15, -0.1) is 24.0 Å². The molecule has 1 aliphatic rings. The predicted octanol–water partition coefficient (Wildman–Crippen LogP) is 4.37. The summed E-state index contributed by atoms with van der Waals surface area (Å²) in [5.74, 6) is 0.995. The lowest BCUT2D eigenvalue weighted by atomic mass is 10.0. The smallest absolute Gasteiger partial charge is 0.387 e. The maximum Gasteiger partial charge on any atom is 0.387 e. The van der Waals surface area contributed by atoms with E-state index in [-0.39, 0.29) is 41.6 Å². The molecule has 1 saturated heterocycles. The molecule has 6 nitrogen and oxygen atoms in total. The number of methoxy groups -OCH3 is 1. The lowest BCUT2D eigenvalue weighted by molar-refractivity contribution is -0.0512. The Bertz CT molecular complexity index is 883. The van der Waals surface area contributed by atoms with Crippen LogP contribution in [0.4, 0.5) is 8.78 Å². The van der Waals surface area contributed by atoms with Gasteiger partial charge in [-0.2, -0.15) is 8.78 Å². The van der Waals surface area contributed by atoms with Crippen molar-refractivity contribution in [1.82, 2.24) is 10.2 Å². The highest BCUT2D eigenvalue weighted by Gasteiger charge is 2.25. The predicted molar refractivity (Wildman–Crippen MR) is 127 cm³/mol. The Morgan fingerprint density at radius 3 is 2.71 bits per heavy atom. The highest BCUT2D eigenvalue weighted by Crippen LogP contribution is 2.29. The third-order valence-electron chi connectivity index (χ3n) is 5.01. The minimum absolute atomic E-state index is 0. The van der Waals surface area contributed by atoms with Crippen molar-refractivity contribution >= 4 is 29.9 Å². The SMILES string of the molecule is CN=C(NCc1ccc(OC)c(OC(F)F)c1)N1CCOC(c2ccccc2C)C1.I. The molecule has 0 radical (unpaired) electrons. The van der Waals surface area contributed by atoms with Crippen molar-refractivity contribution in [2.45, 2.75) is 26.2 Å². The van der Waals surface area contributed by atoms with Gasteiger partial charge in [0.1, 0.15) is 6.10 Å². The molecule has 1 unspecified atom stereocenters. The van der Waals surface area contributed by atoms with Gasteiger partial charge in [0.25, 0.3) is 0 Å². The Morgan fingerprint density at radius 1 is 1.26 bits per heavy atom. The highest BCUT2D eigenvalue weighted by atomic mass is 127. The minimum atomic E-state index is -2.92. The summed E-state index contributed by atoms with van der Waals surface area (Å²) in [4.78, 5) is 6.52. The van der Waals surface area contributed by atoms with Crippen LogP contribution in [0.25, 0.3) is 0 Å². The lowest BCUT2D eigenvalue weighted by Gasteiger charge is -2.35. The van der Waals surface area contributed by atoms with E-state index in [4.69, 9.17) is 9.47 Å². The van der Waals surface area contributed by atoms with E-state index in [9.17, 15) is 8.78 Å². The molecule has 2 aromatic rings. The summed E-state index contributed by atoms with van der Waals surface area (Å²) in [6.45, 7) is 1.55. The lowest BCUT2D eigenvalue weighted by Crippen LogP contribution is -2.48. The number of nitrogens with one attached hydrogen (secondary N) is 1. The van der Waals surface area contributed by atoms with Crippen LogP contribution in [0.5, 0.6) is 11.5 Å². The first-order valence-corrected chi connectivity index (χ1v) is 9.76. The summed E-state index contributed by atoms with van der Waals surface area (Å²) in [7, 11) is 3.14. The first-order chi connectivity index (χ1) is 14.5. The maximum atomic E-state index is 12.7. The molecule has 1 N–H and O–H groups in total. The zero-order valence-corrected chi connectivity index (χ0v) is 20.1. The van der Waals surface area contributed by atoms with Crippen molar-refractivity contribution in [3.05, 3.63) is 59.2 Å². The molecule has 1 atom stereocenters. The summed E-state index contributed by atoms with van der Waals surface area (Å²) < 4.78 is 40.9. The van der Waals surface area contributed by atoms with Gasteiger partial charge in [-0.05, 0) is 35.7 Å². The number of benzene rings is 2. The molecule has 170 valence electrons. The van der Waals surface area contributed by atoms with Crippen molar-refractivity contribution < 1.29 is 23.0 Å². The number of alkyl halides is 2. The molecule has 0 amide bonds. The summed E-state index contributed by atoms with van der Waals surface area (Å²) >= 11 is 0. The number of hydrogen-bond acceptors (Lipinski definition) is 4. The van der Waals surface area contributed by atoms with Gasteiger partial charge in [-0.3, -0.25) is 4.99 Å². The van der Waals surface area contributed by atoms with Crippen LogP contribution >= 0.6 is 24.0 Å². The molecule has 9 heteroatoms. The normalized spacial score (nSPS) is 16.6. The van der Waals surface area contributed by atoms with Gasteiger partial charge in [-0.1, -0.05) is 30.3 Å². The van der Waals surface area contributed by atoms with Crippen molar-refractivity contribution in [3.63, 3.8) is 0 Å². The van der Waals surface area contributed by atoms with Crippen LogP contribution in [0.2, 0.25) is 0 Å². The van der Waals surface area contributed by atoms with Gasteiger partial charge in [0.05, 0.1) is 20.3 Å². The first kappa shape index (κ1) is 25.1. The summed E-state index contributed by atoms with van der Waals surface area (Å²) in [6.07, 6.45) is -0.0365. The Morgan fingerprint density at radius 2 is 2.03 bits per heavy atom. The zero-order valence-electron chi connectivity index (χ0n) is 17.8. The van der Waals surface area contributed by atoms with Crippen molar-refractivity contribution in [1.29, 1.82) is 0 Å². The molecule has 1 heterocycles. The van der Waals surface area contributed by atoms with Crippen LogP contribution in [-0.4, -0.2) is 51.3 Å². The van der Waals surface area contributed by atoms with Gasteiger partial charge in [0.2, 0.25) is 0 Å². The Kier molecular flexibility index (Phi) is 9.76. The largest absolute Gasteiger partial charge is 0.493 e. The second-order valence-corrected chi connectivity index (χ2v) is 6.93. The van der Waals surface area contributed by atoms with Gasteiger partial charge in [-0.25, -0.2) is 0 Å². The molecule has 0 bridgehead atoms. The third-order valence-corrected chi connectivity index (χ3v) is 5.01. The molecule has 0 aromatic heterocycles. The van der Waals surface area contributed by atoms with Crippen LogP contribution in [0.15, 0.2) is 47.5 Å². The van der Waals surface area contributed by atoms with E-state index in [1.165, 1.54) is 18.2 Å². The molecule has 1 fully saturated rings. The quantitative estimate of drug-likeness (QED) is 0.331. The fourth-order valence-corrected chi connectivity index (χ4v) is 3.51. The topological polar surface area (TPSA) is 55.3 Å². The van der Waals surface area contributed by atoms with Crippen molar-refractivity contribution in [2.75, 3.05) is 33.9 Å². The number of rotatable bonds is 6. The standard InChI is InChI=1S/C22H27F2N3O3.HI/c1-15-6-4-5-7-17(15)20-14-27(10-11-29-20)22(25-2)26-13-16-8-9-18(28-3)19(12-16)30-21(23)24;/h4-9,12,20-21H,10-11,13-14H2,1-3H3,(H,25,26);1H. The third kappa shape index (κ3) is 6.67. The van der Waals surface area contributed by atoms with Gasteiger partial charge in [0, 0.05) is 20.1 Å². The molecule has 1 aliphatic heterocycles. The highest BCUT2D eigenvalue weighted by molar-refractivity contribution is 14.0. The maximum absolute atomic E-state index is 12.7. The number of guanidine groups is 1. The van der Waals surface area contributed by atoms with E-state index in [2.05, 4.69) is 39.0 Å². The van der Waals surface area contributed by atoms with Gasteiger partial charge < -0.3 is 24.4 Å². The molecule has 3 rings (SSSR count). The number of nitrogens with zero attached hydrogens (tertiary/aromatic N) is 2. The van der Waals surface area contributed by atoms with Crippen LogP contribution in [0.3, 0.4) is 0 Å². The zero-order chi connectivity index (χ0) is 21.5. The fraction of sp³-hybridized carbons (Fsp3) is 0.409. The monoisotopic (exact) mass is 547 g/mol. The summed E-state index contributed by atoms with van der Waals surface area (Å²) in [5.41, 5.74) is 3.13. The second-order valence-electron chi connectivity index (χ2n) is 6.93. The van der Waals surface area contributed by atoms with E-state index in [0.717, 1.165) is 11.5 Å². The van der Waals surface area contributed by atoms with Crippen molar-refractivity contribution in [3.8, 4) is 11.5 Å². The molecular formula is C22H28F2IN3O3. The number of aliphatic imine (C=N–C) groups is 1. The number of morpholine rings is 1. The molecular weight excluding hydrogens is 519 g/mol. The molecule has 0 saturated carbocycles. The molecule has 2 aromatic carbocycles. The average Bonchev–Trinajstić information content (AvgIpc) is 2.74. The first-order valence-electron chi connectivity index (χ1n) is 9.76. The molecule has 31 heavy (non-hydrogen) atoms. The van der Waals surface area contributed by atoms with E-state index in [1.807, 2.05) is 12.1 Å². The Balaban J connectivity index is 0.00000341. The fourth-order valence-electron chi connectivity index (χ4n) is 3.51. The van der Waals surface area contributed by atoms with E-state index in [1.54, 1.807) is 25.2 Å². The summed E-state index contributed by atoms with van der Waals surface area (Å²) in [6, 6.07) is 13.1. The van der Waals surface area contributed by atoms with Gasteiger partial charge >= 0.3 is 6.61 Å².